The average molecular weight is 676 g/mol. The second kappa shape index (κ2) is 23.7. The molecule has 0 saturated heterocycles. The maximum Gasteiger partial charge on any atom is 0.349 e. The van der Waals surface area contributed by atoms with Crippen molar-refractivity contribution in [3.05, 3.63) is 44.5 Å². The number of benzene rings is 1. The lowest BCUT2D eigenvalue weighted by Crippen LogP contribution is -2.25. The third kappa shape index (κ3) is 22.5. The van der Waals surface area contributed by atoms with E-state index in [9.17, 15) is 49.0 Å². The summed E-state index contributed by atoms with van der Waals surface area (Å²) in [6, 6.07) is 5.21. The van der Waals surface area contributed by atoms with E-state index in [0.29, 0.717) is 45.3 Å². The molecule has 0 aliphatic heterocycles. The Hall–Kier alpha value is -5.60. The van der Waals surface area contributed by atoms with Crippen molar-refractivity contribution >= 4 is 41.4 Å². The minimum Gasteiger partial charge on any atom is -0.454 e. The zero-order valence-electron chi connectivity index (χ0n) is 25.0. The van der Waals surface area contributed by atoms with Gasteiger partial charge in [0.15, 0.2) is 33.0 Å². The van der Waals surface area contributed by atoms with Gasteiger partial charge in [-0.25, -0.2) is 19.2 Å². The monoisotopic (exact) mass is 675 g/mol. The second-order valence-corrected chi connectivity index (χ2v) is 8.87. The van der Waals surface area contributed by atoms with Crippen molar-refractivity contribution in [3.63, 3.8) is 0 Å². The van der Waals surface area contributed by atoms with Crippen LogP contribution in [0.25, 0.3) is 0 Å². The van der Waals surface area contributed by atoms with Crippen LogP contribution in [0.15, 0.2) is 24.3 Å². The summed E-state index contributed by atoms with van der Waals surface area (Å²) in [6.45, 7) is -3.29. The molecule has 0 unspecified atom stereocenters. The second-order valence-electron chi connectivity index (χ2n) is 8.87. The number of amides is 1. The molecule has 1 rings (SSSR count). The van der Waals surface area contributed by atoms with Gasteiger partial charge >= 0.3 is 29.8 Å². The van der Waals surface area contributed by atoms with Gasteiger partial charge in [0.25, 0.3) is 10.2 Å². The van der Waals surface area contributed by atoms with Crippen LogP contribution in [-0.2, 0) is 62.1 Å². The number of nitrogens with one attached hydrogen (secondary N) is 1. The number of carbonyl (C=O) groups is 6. The lowest BCUT2D eigenvalue weighted by molar-refractivity contribution is -0.757. The average Bonchev–Trinajstić information content (AvgIpc) is 3.03. The highest BCUT2D eigenvalue weighted by molar-refractivity contribution is 5.91. The maximum absolute atomic E-state index is 11.8. The van der Waals surface area contributed by atoms with E-state index in [1.165, 1.54) is 24.3 Å². The lowest BCUT2D eigenvalue weighted by Gasteiger charge is -2.08. The number of unbranched alkanes of at least 4 members (excludes halogenated alkanes) is 3. The van der Waals surface area contributed by atoms with Crippen LogP contribution in [0.3, 0.4) is 0 Å². The van der Waals surface area contributed by atoms with Crippen LogP contribution >= 0.6 is 0 Å². The Morgan fingerprint density at radius 2 is 1.06 bits per heavy atom. The predicted octanol–water partition coefficient (Wildman–Crippen LogP) is 0.477. The Labute approximate surface area is 265 Å². The van der Waals surface area contributed by atoms with Gasteiger partial charge in [-0.15, -0.1) is 20.2 Å². The van der Waals surface area contributed by atoms with E-state index < -0.39 is 79.0 Å². The van der Waals surface area contributed by atoms with Gasteiger partial charge in [-0.3, -0.25) is 9.59 Å². The van der Waals surface area contributed by atoms with Crippen LogP contribution in [0.2, 0.25) is 0 Å². The first-order valence-corrected chi connectivity index (χ1v) is 13.8. The molecule has 0 saturated carbocycles. The molecule has 1 aromatic rings. The summed E-state index contributed by atoms with van der Waals surface area (Å²) < 4.78 is 28.8. The summed E-state index contributed by atoms with van der Waals surface area (Å²) in [5.41, 5.74) is 0.225. The predicted molar refractivity (Wildman–Crippen MR) is 149 cm³/mol. The number of carbonyl (C=O) groups excluding carboxylic acids is 6. The summed E-state index contributed by atoms with van der Waals surface area (Å²) in [4.78, 5) is 98.2. The van der Waals surface area contributed by atoms with Gasteiger partial charge in [0.2, 0.25) is 5.91 Å². The normalized spacial score (nSPS) is 10.1. The van der Waals surface area contributed by atoms with Crippen LogP contribution in [0.1, 0.15) is 38.5 Å². The number of ether oxygens (including phenoxy) is 6. The van der Waals surface area contributed by atoms with Crippen molar-refractivity contribution < 1.29 is 77.0 Å². The molecule has 0 fully saturated rings. The fourth-order valence-electron chi connectivity index (χ4n) is 3.03. The third-order valence-electron chi connectivity index (χ3n) is 5.12. The first kappa shape index (κ1) is 39.4. The number of hydrogen-bond acceptors (Lipinski definition) is 18. The Morgan fingerprint density at radius 1 is 0.574 bits per heavy atom. The van der Waals surface area contributed by atoms with Gasteiger partial charge in [0, 0.05) is 25.3 Å². The molecule has 0 aromatic heterocycles. The third-order valence-corrected chi connectivity index (χ3v) is 5.12. The van der Waals surface area contributed by atoms with E-state index >= 15 is 0 Å². The van der Waals surface area contributed by atoms with Crippen LogP contribution in [0, 0.1) is 20.2 Å². The van der Waals surface area contributed by atoms with Crippen molar-refractivity contribution in [2.75, 3.05) is 58.2 Å². The molecule has 0 atom stereocenters. The van der Waals surface area contributed by atoms with Gasteiger partial charge in [-0.2, -0.15) is 0 Å². The van der Waals surface area contributed by atoms with Crippen LogP contribution in [-0.4, -0.2) is 98.8 Å². The molecule has 0 bridgehead atoms. The molecule has 0 spiro atoms. The molecule has 1 amide bonds. The number of rotatable bonds is 25. The summed E-state index contributed by atoms with van der Waals surface area (Å²) in [5, 5.41) is 20.4. The maximum atomic E-state index is 11.8. The van der Waals surface area contributed by atoms with E-state index in [1.54, 1.807) is 0 Å². The quantitative estimate of drug-likeness (QED) is 0.0368. The topological polar surface area (TPSA) is 275 Å². The standard InChI is InChI=1S/C26H33N3O18/c30-21(14-46-29(38)39)27-19-7-9-20(10-8-19)47-26(35)18-44-25(34)17-43-24(33)16-42-23(32)15-41-22(31)6-2-1-3-11-40-12-4-5-13-45-28(36)37/h7-10H,1-6,11-18H2,(H,27,30). The van der Waals surface area contributed by atoms with Crippen molar-refractivity contribution in [2.45, 2.75) is 38.5 Å². The SMILES string of the molecule is O=C(CO[N+](=O)[O-])Nc1ccc(OC(=O)COC(=O)COC(=O)COC(=O)COC(=O)CCCCCOCCCCO[N+](=O)[O-])cc1. The Bertz CT molecular complexity index is 1210. The van der Waals surface area contributed by atoms with Crippen molar-refractivity contribution in [2.24, 2.45) is 0 Å². The van der Waals surface area contributed by atoms with Crippen LogP contribution < -0.4 is 10.1 Å². The van der Waals surface area contributed by atoms with E-state index in [-0.39, 0.29) is 24.5 Å². The van der Waals surface area contributed by atoms with Gasteiger partial charge in [-0.1, -0.05) is 6.42 Å². The minimum atomic E-state index is -1.12. The number of nitrogens with zero attached hydrogens (tertiary/aromatic N) is 2. The molecule has 0 aliphatic carbocycles. The van der Waals surface area contributed by atoms with Crippen molar-refractivity contribution in [1.82, 2.24) is 0 Å². The zero-order valence-corrected chi connectivity index (χ0v) is 25.0. The molecule has 0 heterocycles. The molecule has 0 aliphatic rings. The van der Waals surface area contributed by atoms with E-state index in [0.717, 1.165) is 0 Å². The fraction of sp³-hybridized carbons (Fsp3) is 0.538. The fourth-order valence-corrected chi connectivity index (χ4v) is 3.03. The molecule has 21 nitrogen and oxygen atoms in total. The summed E-state index contributed by atoms with van der Waals surface area (Å²) in [5.74, 6) is -5.69. The summed E-state index contributed by atoms with van der Waals surface area (Å²) in [6.07, 6.45) is 2.96. The first-order chi connectivity index (χ1) is 22.4. The number of esters is 5. The van der Waals surface area contributed by atoms with Crippen molar-refractivity contribution in [3.8, 4) is 5.75 Å². The largest absolute Gasteiger partial charge is 0.454 e. The summed E-state index contributed by atoms with van der Waals surface area (Å²) in [7, 11) is 0. The zero-order chi connectivity index (χ0) is 34.9. The Kier molecular flexibility index (Phi) is 19.9. The molecular formula is C26H33N3O18. The van der Waals surface area contributed by atoms with Crippen LogP contribution in [0.4, 0.5) is 5.69 Å². The number of hydrogen-bond donors (Lipinski definition) is 1. The molecule has 47 heavy (non-hydrogen) atoms. The number of anilines is 1. The lowest BCUT2D eigenvalue weighted by atomic mass is 10.2. The minimum absolute atomic E-state index is 0.0125. The smallest absolute Gasteiger partial charge is 0.349 e. The molecule has 1 N–H and O–H groups in total. The van der Waals surface area contributed by atoms with Crippen molar-refractivity contribution in [1.29, 1.82) is 0 Å². The van der Waals surface area contributed by atoms with E-state index in [1.807, 2.05) is 0 Å². The van der Waals surface area contributed by atoms with Gasteiger partial charge < -0.3 is 43.4 Å². The van der Waals surface area contributed by atoms with Gasteiger partial charge in [0.1, 0.15) is 5.75 Å². The van der Waals surface area contributed by atoms with Gasteiger partial charge in [0.05, 0.1) is 6.61 Å². The molecule has 260 valence electrons. The van der Waals surface area contributed by atoms with Gasteiger partial charge in [-0.05, 0) is 49.9 Å². The Balaban J connectivity index is 2.08. The molecule has 0 radical (unpaired) electrons. The highest BCUT2D eigenvalue weighted by Gasteiger charge is 2.15. The molecular weight excluding hydrogens is 642 g/mol. The highest BCUT2D eigenvalue weighted by atomic mass is 17.0. The first-order valence-electron chi connectivity index (χ1n) is 13.8. The molecule has 1 aromatic carbocycles. The molecule has 21 heteroatoms. The van der Waals surface area contributed by atoms with E-state index in [2.05, 4.69) is 29.2 Å². The Morgan fingerprint density at radius 3 is 1.62 bits per heavy atom. The van der Waals surface area contributed by atoms with Crippen LogP contribution in [0.5, 0.6) is 5.75 Å². The summed E-state index contributed by atoms with van der Waals surface area (Å²) >= 11 is 0. The highest BCUT2D eigenvalue weighted by Crippen LogP contribution is 2.16. The van der Waals surface area contributed by atoms with E-state index in [4.69, 9.17) is 14.2 Å².